The van der Waals surface area contributed by atoms with E-state index in [-0.39, 0.29) is 34.2 Å². The van der Waals surface area contributed by atoms with Crippen LogP contribution in [0.15, 0.2) is 0 Å². The maximum atomic E-state index is 13.6. The molecular weight excluding hydrogens is 338 g/mol. The molecule has 6 nitrogen and oxygen atoms in total. The zero-order chi connectivity index (χ0) is 19.4. The molecule has 1 amide bonds. The Balaban J connectivity index is 1.85. The Morgan fingerprint density at radius 1 is 1.00 bits per heavy atom. The van der Waals surface area contributed by atoms with Crippen LogP contribution >= 0.6 is 0 Å². The normalized spacial score (nSPS) is 31.0. The van der Waals surface area contributed by atoms with Crippen LogP contribution in [0, 0.1) is 28.1 Å². The summed E-state index contributed by atoms with van der Waals surface area (Å²) in [5.41, 5.74) is -0.0862. The number of nitrogens with zero attached hydrogens (tertiary/aromatic N) is 4. The van der Waals surface area contributed by atoms with E-state index < -0.39 is 5.41 Å². The Morgan fingerprint density at radius 2 is 1.59 bits per heavy atom. The topological polar surface area (TPSA) is 102 Å². The summed E-state index contributed by atoms with van der Waals surface area (Å²) in [5.74, 6) is 0.0183. The van der Waals surface area contributed by atoms with Gasteiger partial charge in [0.2, 0.25) is 5.91 Å². The van der Waals surface area contributed by atoms with Gasteiger partial charge in [0.1, 0.15) is 12.1 Å². The minimum atomic E-state index is -0.791. The van der Waals surface area contributed by atoms with Crippen molar-refractivity contribution in [3.63, 3.8) is 0 Å². The van der Waals surface area contributed by atoms with Gasteiger partial charge in [-0.1, -0.05) is 40.0 Å². The van der Waals surface area contributed by atoms with Crippen molar-refractivity contribution in [1.29, 1.82) is 10.5 Å². The van der Waals surface area contributed by atoms with Gasteiger partial charge in [-0.15, -0.1) is 0 Å². The molecule has 1 aromatic heterocycles. The summed E-state index contributed by atoms with van der Waals surface area (Å²) >= 11 is 0. The molecule has 0 radical (unpaired) electrons. The Kier molecular flexibility index (Phi) is 3.82. The quantitative estimate of drug-likeness (QED) is 0.870. The van der Waals surface area contributed by atoms with Gasteiger partial charge in [-0.25, -0.2) is 9.97 Å². The summed E-state index contributed by atoms with van der Waals surface area (Å²) in [6.45, 7) is 6.35. The van der Waals surface area contributed by atoms with Crippen molar-refractivity contribution in [3.8, 4) is 12.1 Å². The lowest BCUT2D eigenvalue weighted by molar-refractivity contribution is -0.131. The highest BCUT2D eigenvalue weighted by Crippen LogP contribution is 2.70. The number of hydrogen-bond donors (Lipinski definition) is 1. The first-order valence-corrected chi connectivity index (χ1v) is 9.86. The van der Waals surface area contributed by atoms with Crippen LogP contribution in [0.4, 0.5) is 0 Å². The van der Waals surface area contributed by atoms with Gasteiger partial charge in [-0.3, -0.25) is 4.79 Å². The van der Waals surface area contributed by atoms with Crippen LogP contribution in [0.25, 0.3) is 0 Å². The number of nitrogens with one attached hydrogen (secondary N) is 1. The third kappa shape index (κ3) is 2.07. The summed E-state index contributed by atoms with van der Waals surface area (Å²) in [6, 6.07) is 4.19. The Bertz CT molecular complexity index is 902. The van der Waals surface area contributed by atoms with Crippen LogP contribution in [-0.2, 0) is 15.6 Å². The van der Waals surface area contributed by atoms with Crippen LogP contribution in [0.1, 0.15) is 88.5 Å². The largest absolute Gasteiger partial charge is 0.353 e. The number of amides is 1. The standard InChI is InChI=1S/C21H25N5O/c1-19(2)20(3)9-10-21(19,18(27)24-13-7-5-4-6-8-13)17-16(20)25-14(11-22)15(12-23)26-17/h13H,4-10H2,1-3H3,(H,24,27). The van der Waals surface area contributed by atoms with E-state index in [0.717, 1.165) is 37.8 Å². The SMILES string of the molecule is CC12CCC(C(=O)NC3CCCCC3)(c3nc(C#N)c(C#N)nc31)C2(C)C. The van der Waals surface area contributed by atoms with Crippen molar-refractivity contribution in [2.75, 3.05) is 0 Å². The highest BCUT2D eigenvalue weighted by Gasteiger charge is 2.73. The fraction of sp³-hybridized carbons (Fsp3) is 0.667. The maximum absolute atomic E-state index is 13.6. The third-order valence-electron chi connectivity index (χ3n) is 7.81. The number of carbonyl (C=O) groups excluding carboxylic acids is 1. The summed E-state index contributed by atoms with van der Waals surface area (Å²) in [6.07, 6.45) is 7.12. The van der Waals surface area contributed by atoms with Gasteiger partial charge < -0.3 is 5.32 Å². The highest BCUT2D eigenvalue weighted by atomic mass is 16.2. The van der Waals surface area contributed by atoms with Crippen molar-refractivity contribution in [2.24, 2.45) is 5.41 Å². The fourth-order valence-corrected chi connectivity index (χ4v) is 5.70. The smallest absolute Gasteiger partial charge is 0.233 e. The molecule has 27 heavy (non-hydrogen) atoms. The molecule has 0 aromatic carbocycles. The third-order valence-corrected chi connectivity index (χ3v) is 7.81. The summed E-state index contributed by atoms with van der Waals surface area (Å²) < 4.78 is 0. The lowest BCUT2D eigenvalue weighted by Crippen LogP contribution is -2.53. The van der Waals surface area contributed by atoms with Crippen LogP contribution in [0.3, 0.4) is 0 Å². The molecule has 2 saturated carbocycles. The first kappa shape index (κ1) is 17.9. The highest BCUT2D eigenvalue weighted by molar-refractivity contribution is 5.92. The fourth-order valence-electron chi connectivity index (χ4n) is 5.70. The number of carbonyl (C=O) groups is 1. The number of rotatable bonds is 2. The Morgan fingerprint density at radius 3 is 2.19 bits per heavy atom. The monoisotopic (exact) mass is 363 g/mol. The van der Waals surface area contributed by atoms with Gasteiger partial charge in [0, 0.05) is 11.5 Å². The second-order valence-corrected chi connectivity index (χ2v) is 9.01. The lowest BCUT2D eigenvalue weighted by Gasteiger charge is -2.40. The van der Waals surface area contributed by atoms with Crippen molar-refractivity contribution in [2.45, 2.75) is 82.6 Å². The molecule has 140 valence electrons. The van der Waals surface area contributed by atoms with Gasteiger partial charge in [0.25, 0.3) is 0 Å². The van der Waals surface area contributed by atoms with Gasteiger partial charge >= 0.3 is 0 Å². The molecule has 2 atom stereocenters. The molecule has 2 bridgehead atoms. The van der Waals surface area contributed by atoms with Crippen molar-refractivity contribution in [3.05, 3.63) is 22.8 Å². The van der Waals surface area contributed by atoms with Crippen LogP contribution < -0.4 is 5.32 Å². The first-order chi connectivity index (χ1) is 12.8. The lowest BCUT2D eigenvalue weighted by atomic mass is 9.63. The van der Waals surface area contributed by atoms with Crippen LogP contribution in [0.5, 0.6) is 0 Å². The van der Waals surface area contributed by atoms with Crippen molar-refractivity contribution in [1.82, 2.24) is 15.3 Å². The molecule has 1 aromatic rings. The molecule has 2 fully saturated rings. The van der Waals surface area contributed by atoms with E-state index in [9.17, 15) is 15.3 Å². The van der Waals surface area contributed by atoms with Crippen molar-refractivity contribution >= 4 is 5.91 Å². The molecule has 1 heterocycles. The van der Waals surface area contributed by atoms with E-state index in [0.29, 0.717) is 12.1 Å². The summed E-state index contributed by atoms with van der Waals surface area (Å²) in [4.78, 5) is 22.7. The summed E-state index contributed by atoms with van der Waals surface area (Å²) in [7, 11) is 0. The zero-order valence-electron chi connectivity index (χ0n) is 16.2. The van der Waals surface area contributed by atoms with E-state index >= 15 is 0 Å². The minimum absolute atomic E-state index is 0.0183. The molecule has 3 aliphatic rings. The van der Waals surface area contributed by atoms with Crippen LogP contribution in [0.2, 0.25) is 0 Å². The second kappa shape index (κ2) is 5.76. The number of aromatic nitrogens is 2. The molecule has 4 rings (SSSR count). The average Bonchev–Trinajstić information content (AvgIpc) is 2.97. The van der Waals surface area contributed by atoms with Gasteiger partial charge in [0.05, 0.1) is 16.8 Å². The van der Waals surface area contributed by atoms with E-state index in [1.165, 1.54) is 6.42 Å². The molecular formula is C21H25N5O. The molecule has 6 heteroatoms. The molecule has 0 spiro atoms. The maximum Gasteiger partial charge on any atom is 0.233 e. The van der Waals surface area contributed by atoms with E-state index in [2.05, 4.69) is 36.1 Å². The Hall–Kier alpha value is -2.47. The number of fused-ring (bicyclic) bond motifs is 5. The van der Waals surface area contributed by atoms with E-state index in [1.54, 1.807) is 0 Å². The average molecular weight is 363 g/mol. The summed E-state index contributed by atoms with van der Waals surface area (Å²) in [5, 5.41) is 22.1. The molecule has 2 unspecified atom stereocenters. The molecule has 1 N–H and O–H groups in total. The minimum Gasteiger partial charge on any atom is -0.353 e. The van der Waals surface area contributed by atoms with Gasteiger partial charge in [-0.2, -0.15) is 10.5 Å². The van der Waals surface area contributed by atoms with Gasteiger partial charge in [0.15, 0.2) is 11.4 Å². The first-order valence-electron chi connectivity index (χ1n) is 9.86. The second-order valence-electron chi connectivity index (χ2n) is 9.01. The predicted molar refractivity (Wildman–Crippen MR) is 98.5 cm³/mol. The van der Waals surface area contributed by atoms with E-state index in [4.69, 9.17) is 0 Å². The van der Waals surface area contributed by atoms with Gasteiger partial charge in [-0.05, 0) is 31.1 Å². The molecule has 0 saturated heterocycles. The van der Waals surface area contributed by atoms with Crippen molar-refractivity contribution < 1.29 is 4.79 Å². The predicted octanol–water partition coefficient (Wildman–Crippen LogP) is 3.00. The number of nitriles is 2. The van der Waals surface area contributed by atoms with E-state index in [1.807, 2.05) is 12.1 Å². The zero-order valence-corrected chi connectivity index (χ0v) is 16.2. The Labute approximate surface area is 160 Å². The van der Waals surface area contributed by atoms with Crippen LogP contribution in [-0.4, -0.2) is 21.9 Å². The number of hydrogen-bond acceptors (Lipinski definition) is 5. The molecule has 3 aliphatic carbocycles. The molecule has 0 aliphatic heterocycles.